The number of rotatable bonds is 11. The summed E-state index contributed by atoms with van der Waals surface area (Å²) in [6, 6.07) is 16.9. The summed E-state index contributed by atoms with van der Waals surface area (Å²) in [7, 11) is -1.45. The number of fused-ring (bicyclic) bond motifs is 2. The standard InChI is InChI=1S/C35H33ClN6O5S2/c1-6-41(19-24-18-37-17-21(2)38-24)34(43)20-42(49(44,45)25-10-13-31(46-4)32(16-25)47-5)30-9-7-8-28-26(30)11-12-29(39-28)27-14-23(36)15-33-35(27)22(3)40-48-33/h7-18H,6,19-20H2,1-5H3. The van der Waals surface area contributed by atoms with Crippen LogP contribution in [0.5, 0.6) is 11.5 Å². The summed E-state index contributed by atoms with van der Waals surface area (Å²) < 4.78 is 46.5. The Morgan fingerprint density at radius 3 is 2.49 bits per heavy atom. The Morgan fingerprint density at radius 2 is 1.76 bits per heavy atom. The van der Waals surface area contributed by atoms with Gasteiger partial charge >= 0.3 is 0 Å². The number of carbonyl (C=O) groups excluding carboxylic acids is 1. The number of aryl methyl sites for hydroxylation is 2. The topological polar surface area (TPSA) is 128 Å². The molecule has 0 saturated carbocycles. The van der Waals surface area contributed by atoms with Gasteiger partial charge < -0.3 is 14.4 Å². The number of anilines is 1. The highest BCUT2D eigenvalue weighted by molar-refractivity contribution is 7.92. The van der Waals surface area contributed by atoms with Crippen molar-refractivity contribution in [1.29, 1.82) is 0 Å². The monoisotopic (exact) mass is 716 g/mol. The Balaban J connectivity index is 1.47. The van der Waals surface area contributed by atoms with Crippen LogP contribution < -0.4 is 13.8 Å². The first-order valence-electron chi connectivity index (χ1n) is 15.3. The molecule has 6 aromatic rings. The minimum atomic E-state index is -4.34. The van der Waals surface area contributed by atoms with Crippen LogP contribution in [-0.4, -0.2) is 65.9 Å². The number of carbonyl (C=O) groups is 1. The van der Waals surface area contributed by atoms with E-state index in [2.05, 4.69) is 14.3 Å². The van der Waals surface area contributed by atoms with Gasteiger partial charge in [-0.25, -0.2) is 13.4 Å². The van der Waals surface area contributed by atoms with Crippen LogP contribution in [0, 0.1) is 13.8 Å². The molecule has 0 spiro atoms. The van der Waals surface area contributed by atoms with E-state index in [-0.39, 0.29) is 22.9 Å². The molecule has 0 radical (unpaired) electrons. The second-order valence-corrected chi connectivity index (χ2v) is 14.3. The van der Waals surface area contributed by atoms with E-state index in [0.717, 1.165) is 25.6 Å². The number of benzene rings is 3. The van der Waals surface area contributed by atoms with Crippen LogP contribution >= 0.6 is 23.1 Å². The molecule has 6 rings (SSSR count). The maximum Gasteiger partial charge on any atom is 0.264 e. The van der Waals surface area contributed by atoms with E-state index in [1.807, 2.05) is 45.0 Å². The van der Waals surface area contributed by atoms with Gasteiger partial charge in [0.1, 0.15) is 6.54 Å². The Labute approximate surface area is 293 Å². The maximum atomic E-state index is 14.6. The highest BCUT2D eigenvalue weighted by atomic mass is 35.5. The van der Waals surface area contributed by atoms with Crippen LogP contribution in [0.1, 0.15) is 24.0 Å². The van der Waals surface area contributed by atoms with Gasteiger partial charge in [0.15, 0.2) is 11.5 Å². The van der Waals surface area contributed by atoms with E-state index in [1.54, 1.807) is 35.5 Å². The summed E-state index contributed by atoms with van der Waals surface area (Å²) in [6.07, 6.45) is 3.23. The molecule has 49 heavy (non-hydrogen) atoms. The molecule has 3 aromatic carbocycles. The second kappa shape index (κ2) is 13.9. The van der Waals surface area contributed by atoms with Crippen LogP contribution in [0.4, 0.5) is 5.69 Å². The smallest absolute Gasteiger partial charge is 0.264 e. The SMILES string of the molecule is CCN(Cc1cncc(C)n1)C(=O)CN(c1cccc2nc(-c3cc(Cl)cc4snc(C)c34)ccc12)S(=O)(=O)c1ccc(OC)c(OC)c1. The van der Waals surface area contributed by atoms with Crippen molar-refractivity contribution in [1.82, 2.24) is 24.2 Å². The van der Waals surface area contributed by atoms with E-state index in [0.29, 0.717) is 45.3 Å². The van der Waals surface area contributed by atoms with Gasteiger partial charge in [-0.05, 0) is 80.8 Å². The van der Waals surface area contributed by atoms with Gasteiger partial charge in [-0.2, -0.15) is 4.37 Å². The Hall–Kier alpha value is -4.85. The van der Waals surface area contributed by atoms with Crippen molar-refractivity contribution >= 4 is 65.7 Å². The fourth-order valence-corrected chi connectivity index (χ4v) is 8.28. The lowest BCUT2D eigenvalue weighted by molar-refractivity contribution is -0.130. The number of pyridine rings is 1. The van der Waals surface area contributed by atoms with Crippen molar-refractivity contribution < 1.29 is 22.7 Å². The lowest BCUT2D eigenvalue weighted by Crippen LogP contribution is -2.43. The number of nitrogens with zero attached hydrogens (tertiary/aromatic N) is 6. The van der Waals surface area contributed by atoms with Crippen molar-refractivity contribution in [2.45, 2.75) is 32.2 Å². The van der Waals surface area contributed by atoms with Crippen molar-refractivity contribution in [3.63, 3.8) is 0 Å². The molecule has 0 unspecified atom stereocenters. The quantitative estimate of drug-likeness (QED) is 0.142. The van der Waals surface area contributed by atoms with E-state index in [4.69, 9.17) is 26.1 Å². The Kier molecular flexibility index (Phi) is 9.68. The average molecular weight is 717 g/mol. The number of sulfonamides is 1. The number of amides is 1. The Morgan fingerprint density at radius 1 is 0.959 bits per heavy atom. The third kappa shape index (κ3) is 6.74. The number of hydrogen-bond acceptors (Lipinski definition) is 10. The van der Waals surface area contributed by atoms with Gasteiger partial charge in [0, 0.05) is 40.2 Å². The first kappa shape index (κ1) is 34.0. The van der Waals surface area contributed by atoms with E-state index < -0.39 is 22.5 Å². The predicted octanol–water partition coefficient (Wildman–Crippen LogP) is 6.83. The van der Waals surface area contributed by atoms with Crippen LogP contribution in [-0.2, 0) is 21.4 Å². The number of hydrogen-bond donors (Lipinski definition) is 0. The van der Waals surface area contributed by atoms with Crippen LogP contribution in [0.25, 0.3) is 32.2 Å². The van der Waals surface area contributed by atoms with Gasteiger partial charge in [0.25, 0.3) is 10.0 Å². The molecule has 0 saturated heterocycles. The summed E-state index contributed by atoms with van der Waals surface area (Å²) in [5, 5.41) is 2.05. The zero-order valence-electron chi connectivity index (χ0n) is 27.5. The molecule has 0 aliphatic rings. The predicted molar refractivity (Wildman–Crippen MR) is 192 cm³/mol. The first-order valence-corrected chi connectivity index (χ1v) is 17.9. The van der Waals surface area contributed by atoms with Crippen molar-refractivity contribution in [3.05, 3.63) is 95.2 Å². The number of halogens is 1. The van der Waals surface area contributed by atoms with Crippen LogP contribution in [0.2, 0.25) is 5.02 Å². The molecule has 3 heterocycles. The van der Waals surface area contributed by atoms with Gasteiger partial charge in [0.05, 0.1) is 70.5 Å². The van der Waals surface area contributed by atoms with Crippen LogP contribution in [0.3, 0.4) is 0 Å². The summed E-state index contributed by atoms with van der Waals surface area (Å²) in [6.45, 7) is 5.59. The highest BCUT2D eigenvalue weighted by Gasteiger charge is 2.31. The van der Waals surface area contributed by atoms with Gasteiger partial charge in [-0.3, -0.25) is 19.1 Å². The Bertz CT molecular complexity index is 2310. The van der Waals surface area contributed by atoms with E-state index >= 15 is 0 Å². The lowest BCUT2D eigenvalue weighted by atomic mass is 10.0. The highest BCUT2D eigenvalue weighted by Crippen LogP contribution is 2.38. The lowest BCUT2D eigenvalue weighted by Gasteiger charge is -2.29. The average Bonchev–Trinajstić information content (AvgIpc) is 3.47. The van der Waals surface area contributed by atoms with Gasteiger partial charge in [-0.1, -0.05) is 17.7 Å². The van der Waals surface area contributed by atoms with Crippen molar-refractivity contribution in [2.75, 3.05) is 31.6 Å². The maximum absolute atomic E-state index is 14.6. The molecule has 0 N–H and O–H groups in total. The molecule has 1 amide bonds. The number of ether oxygens (including phenoxy) is 2. The molecular weight excluding hydrogens is 684 g/mol. The molecule has 0 aliphatic carbocycles. The minimum Gasteiger partial charge on any atom is -0.493 e. The normalized spacial score (nSPS) is 11.6. The first-order chi connectivity index (χ1) is 23.5. The summed E-state index contributed by atoms with van der Waals surface area (Å²) in [5.74, 6) is 0.185. The largest absolute Gasteiger partial charge is 0.493 e. The molecule has 0 aliphatic heterocycles. The number of aromatic nitrogens is 4. The fraction of sp³-hybridized carbons (Fsp3) is 0.229. The molecule has 14 heteroatoms. The molecular formula is C35H33ClN6O5S2. The third-order valence-corrected chi connectivity index (χ3v) is 10.9. The molecule has 3 aromatic heterocycles. The number of likely N-dealkylation sites (N-methyl/N-ethyl adjacent to an activating group) is 1. The van der Waals surface area contributed by atoms with Gasteiger partial charge in [0.2, 0.25) is 5.91 Å². The summed E-state index contributed by atoms with van der Waals surface area (Å²) >= 11 is 7.85. The van der Waals surface area contributed by atoms with Crippen molar-refractivity contribution in [2.24, 2.45) is 0 Å². The third-order valence-electron chi connectivity index (χ3n) is 8.08. The molecule has 0 atom stereocenters. The second-order valence-electron chi connectivity index (χ2n) is 11.2. The fourth-order valence-electron chi connectivity index (χ4n) is 5.69. The van der Waals surface area contributed by atoms with Crippen molar-refractivity contribution in [3.8, 4) is 22.8 Å². The zero-order valence-corrected chi connectivity index (χ0v) is 29.9. The summed E-state index contributed by atoms with van der Waals surface area (Å²) in [5.41, 5.74) is 4.47. The molecule has 11 nitrogen and oxygen atoms in total. The van der Waals surface area contributed by atoms with E-state index in [9.17, 15) is 13.2 Å². The zero-order chi connectivity index (χ0) is 34.9. The van der Waals surface area contributed by atoms with E-state index in [1.165, 1.54) is 44.0 Å². The van der Waals surface area contributed by atoms with Gasteiger partial charge in [-0.15, -0.1) is 0 Å². The minimum absolute atomic E-state index is 0.0751. The molecule has 0 bridgehead atoms. The number of methoxy groups -OCH3 is 2. The molecule has 0 fully saturated rings. The summed E-state index contributed by atoms with van der Waals surface area (Å²) in [4.78, 5) is 29.1. The van der Waals surface area contributed by atoms with Crippen LogP contribution in [0.15, 0.2) is 78.0 Å². The molecule has 252 valence electrons.